The van der Waals surface area contributed by atoms with Crippen LogP contribution in [0, 0.1) is 10.1 Å². The molecule has 2 aromatic carbocycles. The van der Waals surface area contributed by atoms with Crippen LogP contribution in [0.1, 0.15) is 5.56 Å². The molecule has 0 atom stereocenters. The molecule has 3 rings (SSSR count). The highest BCUT2D eigenvalue weighted by Gasteiger charge is 2.12. The van der Waals surface area contributed by atoms with Gasteiger partial charge in [-0.05, 0) is 24.3 Å². The van der Waals surface area contributed by atoms with Crippen LogP contribution in [-0.4, -0.2) is 16.1 Å². The van der Waals surface area contributed by atoms with Crippen LogP contribution in [0.4, 0.5) is 10.8 Å². The lowest BCUT2D eigenvalue weighted by Crippen LogP contribution is -1.96. The number of hydrogen-bond acceptors (Lipinski definition) is 6. The number of nitro benzene ring substituents is 1. The van der Waals surface area contributed by atoms with E-state index in [0.29, 0.717) is 15.7 Å². The number of rotatable bonds is 4. The smallest absolute Gasteiger partial charge is 0.258 e. The number of anilines is 1. The van der Waals surface area contributed by atoms with Crippen LogP contribution in [0.2, 0.25) is 5.02 Å². The summed E-state index contributed by atoms with van der Waals surface area (Å²) in [5.74, 6) is 0. The summed E-state index contributed by atoms with van der Waals surface area (Å²) in [7, 11) is 0. The summed E-state index contributed by atoms with van der Waals surface area (Å²) >= 11 is 7.31. The molecule has 1 aromatic heterocycles. The minimum atomic E-state index is -0.477. The molecule has 0 saturated heterocycles. The van der Waals surface area contributed by atoms with Gasteiger partial charge in [-0.2, -0.15) is 5.10 Å². The van der Waals surface area contributed by atoms with Crippen LogP contribution < -0.4 is 5.43 Å². The predicted octanol–water partition coefficient (Wildman–Crippen LogP) is 4.30. The van der Waals surface area contributed by atoms with Crippen molar-refractivity contribution in [2.75, 3.05) is 5.43 Å². The quantitative estimate of drug-likeness (QED) is 0.438. The Balaban J connectivity index is 1.82. The highest BCUT2D eigenvalue weighted by molar-refractivity contribution is 7.22. The average molecular weight is 333 g/mol. The summed E-state index contributed by atoms with van der Waals surface area (Å²) in [6.45, 7) is 0. The van der Waals surface area contributed by atoms with Gasteiger partial charge in [0.05, 0.1) is 26.9 Å². The molecule has 1 heterocycles. The van der Waals surface area contributed by atoms with E-state index in [-0.39, 0.29) is 5.69 Å². The minimum Gasteiger partial charge on any atom is -0.258 e. The molecule has 110 valence electrons. The highest BCUT2D eigenvalue weighted by Crippen LogP contribution is 2.25. The Hall–Kier alpha value is -2.51. The number of hydrazone groups is 1. The number of para-hydroxylation sites is 1. The van der Waals surface area contributed by atoms with Gasteiger partial charge >= 0.3 is 0 Å². The van der Waals surface area contributed by atoms with Crippen molar-refractivity contribution in [1.82, 2.24) is 4.98 Å². The molecular weight excluding hydrogens is 324 g/mol. The molecule has 6 nitrogen and oxygen atoms in total. The van der Waals surface area contributed by atoms with E-state index in [4.69, 9.17) is 11.6 Å². The van der Waals surface area contributed by atoms with Crippen molar-refractivity contribution in [3.8, 4) is 0 Å². The highest BCUT2D eigenvalue weighted by atomic mass is 35.5. The van der Waals surface area contributed by atoms with Crippen molar-refractivity contribution in [2.24, 2.45) is 5.10 Å². The Morgan fingerprint density at radius 3 is 2.91 bits per heavy atom. The fourth-order valence-electron chi connectivity index (χ4n) is 1.87. The number of thiazole rings is 1. The molecular formula is C14H9ClN4O2S. The fraction of sp³-hybridized carbons (Fsp3) is 0. The fourth-order valence-corrected chi connectivity index (χ4v) is 2.87. The van der Waals surface area contributed by atoms with Gasteiger partial charge in [0.1, 0.15) is 0 Å². The zero-order valence-corrected chi connectivity index (χ0v) is 12.6. The molecule has 0 aliphatic carbocycles. The van der Waals surface area contributed by atoms with Crippen LogP contribution in [0.3, 0.4) is 0 Å². The molecule has 0 bridgehead atoms. The number of nitrogens with zero attached hydrogens (tertiary/aromatic N) is 3. The van der Waals surface area contributed by atoms with E-state index in [1.807, 2.05) is 24.3 Å². The van der Waals surface area contributed by atoms with Gasteiger partial charge < -0.3 is 0 Å². The standard InChI is InChI=1S/C14H9ClN4O2S/c15-10-5-6-12(19(20)21)9(7-10)8-16-18-14-17-11-3-1-2-4-13(11)22-14/h1-8H,(H,17,18)/b16-8+. The summed E-state index contributed by atoms with van der Waals surface area (Å²) in [6, 6.07) is 12.0. The summed E-state index contributed by atoms with van der Waals surface area (Å²) < 4.78 is 1.04. The van der Waals surface area contributed by atoms with E-state index in [1.165, 1.54) is 35.8 Å². The molecule has 22 heavy (non-hydrogen) atoms. The summed E-state index contributed by atoms with van der Waals surface area (Å²) in [5, 5.41) is 16.0. The van der Waals surface area contributed by atoms with E-state index in [9.17, 15) is 10.1 Å². The maximum absolute atomic E-state index is 11.0. The minimum absolute atomic E-state index is 0.0563. The second-order valence-electron chi connectivity index (χ2n) is 4.32. The first-order chi connectivity index (χ1) is 10.6. The second-order valence-corrected chi connectivity index (χ2v) is 5.78. The van der Waals surface area contributed by atoms with E-state index in [1.54, 1.807) is 0 Å². The molecule has 3 aromatic rings. The maximum Gasteiger partial charge on any atom is 0.278 e. The first-order valence-corrected chi connectivity index (χ1v) is 7.41. The first-order valence-electron chi connectivity index (χ1n) is 6.22. The maximum atomic E-state index is 11.0. The Morgan fingerprint density at radius 2 is 2.14 bits per heavy atom. The Bertz CT molecular complexity index is 845. The van der Waals surface area contributed by atoms with Gasteiger partial charge in [-0.25, -0.2) is 4.98 Å². The van der Waals surface area contributed by atoms with Gasteiger partial charge in [0.25, 0.3) is 5.69 Å². The number of benzene rings is 2. The monoisotopic (exact) mass is 332 g/mol. The normalized spacial score (nSPS) is 11.1. The number of nitro groups is 1. The van der Waals surface area contributed by atoms with Crippen LogP contribution >= 0.6 is 22.9 Å². The molecule has 0 spiro atoms. The third-order valence-electron chi connectivity index (χ3n) is 2.84. The number of fused-ring (bicyclic) bond motifs is 1. The van der Waals surface area contributed by atoms with Crippen LogP contribution in [0.15, 0.2) is 47.6 Å². The number of hydrogen-bond donors (Lipinski definition) is 1. The zero-order chi connectivity index (χ0) is 15.5. The average Bonchev–Trinajstić information content (AvgIpc) is 2.89. The molecule has 0 radical (unpaired) electrons. The molecule has 0 unspecified atom stereocenters. The molecule has 0 saturated carbocycles. The topological polar surface area (TPSA) is 80.4 Å². The van der Waals surface area contributed by atoms with E-state index in [2.05, 4.69) is 15.5 Å². The van der Waals surface area contributed by atoms with Crippen molar-refractivity contribution in [3.05, 3.63) is 63.2 Å². The van der Waals surface area contributed by atoms with Gasteiger partial charge in [0.2, 0.25) is 5.13 Å². The molecule has 0 fully saturated rings. The van der Waals surface area contributed by atoms with Crippen molar-refractivity contribution in [2.45, 2.75) is 0 Å². The SMILES string of the molecule is O=[N+]([O-])c1ccc(Cl)cc1/C=N/Nc1nc2ccccc2s1. The lowest BCUT2D eigenvalue weighted by molar-refractivity contribution is -0.385. The van der Waals surface area contributed by atoms with Gasteiger partial charge in [-0.15, -0.1) is 0 Å². The lowest BCUT2D eigenvalue weighted by atomic mass is 10.2. The molecule has 0 amide bonds. The molecule has 8 heteroatoms. The van der Waals surface area contributed by atoms with Crippen LogP contribution in [0.25, 0.3) is 10.2 Å². The summed E-state index contributed by atoms with van der Waals surface area (Å²) in [6.07, 6.45) is 1.36. The van der Waals surface area contributed by atoms with Gasteiger partial charge in [0.15, 0.2) is 0 Å². The molecule has 0 aliphatic heterocycles. The predicted molar refractivity (Wildman–Crippen MR) is 88.9 cm³/mol. The largest absolute Gasteiger partial charge is 0.278 e. The molecule has 0 aliphatic rings. The summed E-state index contributed by atoms with van der Waals surface area (Å²) in [5.41, 5.74) is 3.92. The van der Waals surface area contributed by atoms with Gasteiger partial charge in [0, 0.05) is 11.1 Å². The number of aromatic nitrogens is 1. The van der Waals surface area contributed by atoms with Gasteiger partial charge in [-0.1, -0.05) is 35.1 Å². The Kier molecular flexibility index (Phi) is 3.99. The summed E-state index contributed by atoms with van der Waals surface area (Å²) in [4.78, 5) is 14.8. The van der Waals surface area contributed by atoms with E-state index < -0.39 is 4.92 Å². The van der Waals surface area contributed by atoms with Crippen LogP contribution in [0.5, 0.6) is 0 Å². The van der Waals surface area contributed by atoms with Crippen molar-refractivity contribution in [1.29, 1.82) is 0 Å². The van der Waals surface area contributed by atoms with Gasteiger partial charge in [-0.3, -0.25) is 15.5 Å². The second kappa shape index (κ2) is 6.08. The molecule has 1 N–H and O–H groups in total. The van der Waals surface area contributed by atoms with E-state index >= 15 is 0 Å². The van der Waals surface area contributed by atoms with E-state index in [0.717, 1.165) is 10.2 Å². The van der Waals surface area contributed by atoms with Crippen molar-refractivity contribution in [3.63, 3.8) is 0 Å². The van der Waals surface area contributed by atoms with Crippen molar-refractivity contribution < 1.29 is 4.92 Å². The number of halogens is 1. The Labute approximate surface area is 134 Å². The zero-order valence-electron chi connectivity index (χ0n) is 11.1. The third-order valence-corrected chi connectivity index (χ3v) is 4.02. The van der Waals surface area contributed by atoms with Crippen LogP contribution in [-0.2, 0) is 0 Å². The number of nitrogens with one attached hydrogen (secondary N) is 1. The third kappa shape index (κ3) is 3.05. The first kappa shape index (κ1) is 14.4. The lowest BCUT2D eigenvalue weighted by Gasteiger charge is -1.98. The van der Waals surface area contributed by atoms with Crippen molar-refractivity contribution >= 4 is 50.2 Å². The Morgan fingerprint density at radius 1 is 1.32 bits per heavy atom.